The SMILES string of the molecule is CC(=O)c1ccc(-c2ccc(C(C)=O)c(C(C)=O)c2)cc1C(C)=O. The lowest BCUT2D eigenvalue weighted by Gasteiger charge is -2.10. The molecule has 0 aliphatic heterocycles. The van der Waals surface area contributed by atoms with Gasteiger partial charge in [0.2, 0.25) is 0 Å². The molecule has 0 heterocycles. The van der Waals surface area contributed by atoms with Gasteiger partial charge in [-0.15, -0.1) is 0 Å². The quantitative estimate of drug-likeness (QED) is 0.775. The van der Waals surface area contributed by atoms with E-state index >= 15 is 0 Å². The van der Waals surface area contributed by atoms with Crippen LogP contribution >= 0.6 is 0 Å². The molecule has 2 aromatic carbocycles. The molecule has 24 heavy (non-hydrogen) atoms. The molecule has 122 valence electrons. The number of benzene rings is 2. The second kappa shape index (κ2) is 6.71. The van der Waals surface area contributed by atoms with Crippen molar-refractivity contribution in [2.75, 3.05) is 0 Å². The first kappa shape index (κ1) is 17.5. The van der Waals surface area contributed by atoms with Gasteiger partial charge in [0.1, 0.15) is 0 Å². The molecule has 4 nitrogen and oxygen atoms in total. The fraction of sp³-hybridized carbons (Fsp3) is 0.200. The Bertz CT molecular complexity index is 802. The first-order chi connectivity index (χ1) is 11.2. The highest BCUT2D eigenvalue weighted by atomic mass is 16.1. The zero-order valence-electron chi connectivity index (χ0n) is 14.1. The minimum absolute atomic E-state index is 0.178. The molecule has 0 aliphatic carbocycles. The van der Waals surface area contributed by atoms with Gasteiger partial charge in [0.15, 0.2) is 23.1 Å². The van der Waals surface area contributed by atoms with Crippen LogP contribution in [0.3, 0.4) is 0 Å². The van der Waals surface area contributed by atoms with Crippen LogP contribution in [0.2, 0.25) is 0 Å². The zero-order valence-corrected chi connectivity index (χ0v) is 14.1. The van der Waals surface area contributed by atoms with E-state index < -0.39 is 0 Å². The van der Waals surface area contributed by atoms with E-state index in [4.69, 9.17) is 0 Å². The van der Waals surface area contributed by atoms with Gasteiger partial charge >= 0.3 is 0 Å². The van der Waals surface area contributed by atoms with Gasteiger partial charge in [-0.25, -0.2) is 0 Å². The van der Waals surface area contributed by atoms with Crippen LogP contribution in [-0.4, -0.2) is 23.1 Å². The van der Waals surface area contributed by atoms with Crippen LogP contribution < -0.4 is 0 Å². The number of carbonyl (C=O) groups is 4. The highest BCUT2D eigenvalue weighted by Gasteiger charge is 2.15. The van der Waals surface area contributed by atoms with Crippen molar-refractivity contribution in [3.8, 4) is 11.1 Å². The standard InChI is InChI=1S/C20H18O4/c1-11(21)17-7-5-15(9-19(17)13(3)23)16-6-8-18(12(2)22)20(10-16)14(4)24/h5-10H,1-4H3. The van der Waals surface area contributed by atoms with E-state index in [1.807, 2.05) is 0 Å². The summed E-state index contributed by atoms with van der Waals surface area (Å²) in [7, 11) is 0. The minimum Gasteiger partial charge on any atom is -0.294 e. The van der Waals surface area contributed by atoms with Crippen LogP contribution in [0, 0.1) is 0 Å². The normalized spacial score (nSPS) is 10.3. The smallest absolute Gasteiger partial charge is 0.160 e. The fourth-order valence-corrected chi connectivity index (χ4v) is 2.64. The average Bonchev–Trinajstić information content (AvgIpc) is 2.53. The molecule has 0 bridgehead atoms. The lowest BCUT2D eigenvalue weighted by molar-refractivity contribution is 0.0980. The summed E-state index contributed by atoms with van der Waals surface area (Å²) < 4.78 is 0. The molecule has 0 atom stereocenters. The molecule has 0 N–H and O–H groups in total. The van der Waals surface area contributed by atoms with Crippen molar-refractivity contribution in [2.45, 2.75) is 27.7 Å². The highest BCUT2D eigenvalue weighted by Crippen LogP contribution is 2.26. The van der Waals surface area contributed by atoms with Gasteiger partial charge in [-0.3, -0.25) is 19.2 Å². The lowest BCUT2D eigenvalue weighted by Crippen LogP contribution is -2.06. The summed E-state index contributed by atoms with van der Waals surface area (Å²) in [4.78, 5) is 46.9. The zero-order chi connectivity index (χ0) is 18.0. The van der Waals surface area contributed by atoms with Crippen molar-refractivity contribution in [3.63, 3.8) is 0 Å². The second-order valence-corrected chi connectivity index (χ2v) is 5.75. The van der Waals surface area contributed by atoms with Crippen molar-refractivity contribution in [1.29, 1.82) is 0 Å². The van der Waals surface area contributed by atoms with E-state index in [0.29, 0.717) is 33.4 Å². The number of carbonyl (C=O) groups excluding carboxylic acids is 4. The molecule has 0 aromatic heterocycles. The molecule has 0 saturated carbocycles. The Hall–Kier alpha value is -2.88. The third kappa shape index (κ3) is 3.38. The highest BCUT2D eigenvalue weighted by molar-refractivity contribution is 6.09. The van der Waals surface area contributed by atoms with E-state index in [1.54, 1.807) is 36.4 Å². The molecule has 2 aromatic rings. The van der Waals surface area contributed by atoms with Crippen LogP contribution in [0.4, 0.5) is 0 Å². The molecular formula is C20H18O4. The topological polar surface area (TPSA) is 68.3 Å². The number of hydrogen-bond acceptors (Lipinski definition) is 4. The Kier molecular flexibility index (Phi) is 4.88. The van der Waals surface area contributed by atoms with Crippen molar-refractivity contribution >= 4 is 23.1 Å². The predicted molar refractivity (Wildman–Crippen MR) is 91.9 cm³/mol. The van der Waals surface area contributed by atoms with Crippen LogP contribution in [-0.2, 0) is 0 Å². The number of hydrogen-bond donors (Lipinski definition) is 0. The summed E-state index contributed by atoms with van der Waals surface area (Å²) in [6, 6.07) is 9.98. The Balaban J connectivity index is 2.64. The maximum absolute atomic E-state index is 11.8. The van der Waals surface area contributed by atoms with E-state index in [-0.39, 0.29) is 23.1 Å². The molecule has 0 amide bonds. The van der Waals surface area contributed by atoms with Crippen LogP contribution in [0.1, 0.15) is 69.1 Å². The van der Waals surface area contributed by atoms with Gasteiger partial charge in [0, 0.05) is 22.3 Å². The van der Waals surface area contributed by atoms with Crippen LogP contribution in [0.25, 0.3) is 11.1 Å². The average molecular weight is 322 g/mol. The van der Waals surface area contributed by atoms with Gasteiger partial charge in [-0.1, -0.05) is 24.3 Å². The summed E-state index contributed by atoms with van der Waals surface area (Å²) in [5.74, 6) is -0.755. The van der Waals surface area contributed by atoms with Crippen LogP contribution in [0.5, 0.6) is 0 Å². The maximum Gasteiger partial charge on any atom is 0.160 e. The number of rotatable bonds is 5. The van der Waals surface area contributed by atoms with E-state index in [9.17, 15) is 19.2 Å². The van der Waals surface area contributed by atoms with Crippen molar-refractivity contribution in [3.05, 3.63) is 58.7 Å². The minimum atomic E-state index is -0.200. The Morgan fingerprint density at radius 3 is 1.04 bits per heavy atom. The van der Waals surface area contributed by atoms with E-state index in [1.165, 1.54) is 27.7 Å². The van der Waals surface area contributed by atoms with Crippen molar-refractivity contribution in [1.82, 2.24) is 0 Å². The molecule has 4 heteroatoms. The Morgan fingerprint density at radius 1 is 0.500 bits per heavy atom. The Morgan fingerprint density at radius 2 is 0.792 bits per heavy atom. The summed E-state index contributed by atoms with van der Waals surface area (Å²) in [6.45, 7) is 5.64. The number of ketones is 4. The lowest BCUT2D eigenvalue weighted by atomic mass is 9.92. The first-order valence-corrected chi connectivity index (χ1v) is 7.54. The molecular weight excluding hydrogens is 304 g/mol. The predicted octanol–water partition coefficient (Wildman–Crippen LogP) is 4.16. The molecule has 0 fully saturated rings. The summed E-state index contributed by atoms with van der Waals surface area (Å²) in [6.07, 6.45) is 0. The largest absolute Gasteiger partial charge is 0.294 e. The third-order valence-electron chi connectivity index (χ3n) is 3.89. The summed E-state index contributed by atoms with van der Waals surface area (Å²) in [5, 5.41) is 0. The molecule has 0 saturated heterocycles. The monoisotopic (exact) mass is 322 g/mol. The molecule has 0 unspecified atom stereocenters. The second-order valence-electron chi connectivity index (χ2n) is 5.75. The van der Waals surface area contributed by atoms with Crippen LogP contribution in [0.15, 0.2) is 36.4 Å². The molecule has 2 rings (SSSR count). The first-order valence-electron chi connectivity index (χ1n) is 7.54. The fourth-order valence-electron chi connectivity index (χ4n) is 2.64. The summed E-state index contributed by atoms with van der Waals surface area (Å²) >= 11 is 0. The molecule has 0 aliphatic rings. The Labute approximate surface area is 140 Å². The molecule has 0 radical (unpaired) electrons. The van der Waals surface area contributed by atoms with Gasteiger partial charge in [0.25, 0.3) is 0 Å². The van der Waals surface area contributed by atoms with Gasteiger partial charge in [0.05, 0.1) is 0 Å². The number of Topliss-reactive ketones (excluding diaryl/α,β-unsaturated/α-hetero) is 4. The van der Waals surface area contributed by atoms with Gasteiger partial charge in [-0.2, -0.15) is 0 Å². The van der Waals surface area contributed by atoms with E-state index in [0.717, 1.165) is 0 Å². The van der Waals surface area contributed by atoms with Gasteiger partial charge < -0.3 is 0 Å². The van der Waals surface area contributed by atoms with Crippen molar-refractivity contribution in [2.24, 2.45) is 0 Å². The van der Waals surface area contributed by atoms with Gasteiger partial charge in [-0.05, 0) is 51.0 Å². The summed E-state index contributed by atoms with van der Waals surface area (Å²) in [5.41, 5.74) is 2.86. The maximum atomic E-state index is 11.8. The molecule has 0 spiro atoms. The third-order valence-corrected chi connectivity index (χ3v) is 3.89. The van der Waals surface area contributed by atoms with E-state index in [2.05, 4.69) is 0 Å². The van der Waals surface area contributed by atoms with Crippen molar-refractivity contribution < 1.29 is 19.2 Å².